The Kier molecular flexibility index (Phi) is 4.00. The summed E-state index contributed by atoms with van der Waals surface area (Å²) < 4.78 is 5.77. The quantitative estimate of drug-likeness (QED) is 0.742. The molecule has 88 valence electrons. The molecule has 0 bridgehead atoms. The zero-order valence-electron chi connectivity index (χ0n) is 10.0. The molecule has 15 heavy (non-hydrogen) atoms. The molecule has 2 fully saturated rings. The van der Waals surface area contributed by atoms with Crippen LogP contribution in [0.2, 0.25) is 0 Å². The van der Waals surface area contributed by atoms with E-state index in [9.17, 15) is 0 Å². The van der Waals surface area contributed by atoms with Gasteiger partial charge in [0.15, 0.2) is 0 Å². The molecule has 0 amide bonds. The monoisotopic (exact) mass is 212 g/mol. The minimum atomic E-state index is 0.460. The molecule has 0 aromatic heterocycles. The Morgan fingerprint density at radius 1 is 1.13 bits per heavy atom. The molecule has 2 rings (SSSR count). The van der Waals surface area contributed by atoms with Gasteiger partial charge in [0.2, 0.25) is 0 Å². The van der Waals surface area contributed by atoms with Gasteiger partial charge in [-0.25, -0.2) is 0 Å². The van der Waals surface area contributed by atoms with E-state index in [2.05, 4.69) is 24.1 Å². The summed E-state index contributed by atoms with van der Waals surface area (Å²) in [6.45, 7) is 10.5. The first-order chi connectivity index (χ1) is 7.24. The molecule has 0 saturated carbocycles. The molecular weight excluding hydrogens is 188 g/mol. The molecule has 0 radical (unpaired) electrons. The van der Waals surface area contributed by atoms with Crippen LogP contribution in [0, 0.1) is 5.92 Å². The number of ether oxygens (including phenoxy) is 1. The van der Waals surface area contributed by atoms with Gasteiger partial charge in [0.05, 0.1) is 12.2 Å². The summed E-state index contributed by atoms with van der Waals surface area (Å²) in [7, 11) is 0. The predicted octanol–water partition coefficient (Wildman–Crippen LogP) is 1.10. The first-order valence-corrected chi connectivity index (χ1v) is 6.32. The molecule has 0 aliphatic carbocycles. The van der Waals surface area contributed by atoms with Crippen LogP contribution in [0.5, 0.6) is 0 Å². The number of nitrogens with zero attached hydrogens (tertiary/aromatic N) is 1. The SMILES string of the molecule is C[C@@H]1CC(CN2CCNCC2)C[C@H](C)O1. The lowest BCUT2D eigenvalue weighted by Crippen LogP contribution is -2.46. The molecule has 2 aliphatic heterocycles. The third-order valence-electron chi connectivity index (χ3n) is 3.52. The highest BCUT2D eigenvalue weighted by molar-refractivity contribution is 4.78. The normalized spacial score (nSPS) is 39.2. The van der Waals surface area contributed by atoms with E-state index in [4.69, 9.17) is 4.74 Å². The van der Waals surface area contributed by atoms with E-state index in [1.54, 1.807) is 0 Å². The second-order valence-corrected chi connectivity index (χ2v) is 5.15. The van der Waals surface area contributed by atoms with Crippen molar-refractivity contribution in [2.45, 2.75) is 38.9 Å². The van der Waals surface area contributed by atoms with Crippen molar-refractivity contribution in [3.8, 4) is 0 Å². The van der Waals surface area contributed by atoms with Crippen LogP contribution in [0.25, 0.3) is 0 Å². The molecule has 2 saturated heterocycles. The van der Waals surface area contributed by atoms with E-state index in [0.717, 1.165) is 19.0 Å². The molecule has 3 atom stereocenters. The molecular formula is C12H24N2O. The van der Waals surface area contributed by atoms with Gasteiger partial charge >= 0.3 is 0 Å². The van der Waals surface area contributed by atoms with Gasteiger partial charge in [0, 0.05) is 32.7 Å². The van der Waals surface area contributed by atoms with E-state index >= 15 is 0 Å². The van der Waals surface area contributed by atoms with Gasteiger partial charge in [-0.3, -0.25) is 0 Å². The average molecular weight is 212 g/mol. The minimum absolute atomic E-state index is 0.460. The van der Waals surface area contributed by atoms with Crippen LogP contribution < -0.4 is 5.32 Å². The summed E-state index contributed by atoms with van der Waals surface area (Å²) in [5, 5.41) is 3.40. The van der Waals surface area contributed by atoms with Crippen molar-refractivity contribution in [1.29, 1.82) is 0 Å². The molecule has 1 unspecified atom stereocenters. The summed E-state index contributed by atoms with van der Waals surface area (Å²) in [4.78, 5) is 2.60. The molecule has 0 aromatic rings. The van der Waals surface area contributed by atoms with Gasteiger partial charge in [0.1, 0.15) is 0 Å². The van der Waals surface area contributed by atoms with Gasteiger partial charge in [-0.05, 0) is 32.6 Å². The minimum Gasteiger partial charge on any atom is -0.376 e. The third-order valence-corrected chi connectivity index (χ3v) is 3.52. The van der Waals surface area contributed by atoms with Crippen LogP contribution in [0.1, 0.15) is 26.7 Å². The van der Waals surface area contributed by atoms with Crippen LogP contribution in [0.4, 0.5) is 0 Å². The maximum Gasteiger partial charge on any atom is 0.0553 e. The van der Waals surface area contributed by atoms with Crippen molar-refractivity contribution < 1.29 is 4.74 Å². The smallest absolute Gasteiger partial charge is 0.0553 e. The second-order valence-electron chi connectivity index (χ2n) is 5.15. The molecule has 1 N–H and O–H groups in total. The fourth-order valence-corrected chi connectivity index (χ4v) is 2.95. The first kappa shape index (κ1) is 11.4. The van der Waals surface area contributed by atoms with Crippen molar-refractivity contribution in [3.63, 3.8) is 0 Å². The van der Waals surface area contributed by atoms with Gasteiger partial charge in [0.25, 0.3) is 0 Å². The maximum absolute atomic E-state index is 5.77. The van der Waals surface area contributed by atoms with Crippen molar-refractivity contribution in [2.75, 3.05) is 32.7 Å². The molecule has 0 spiro atoms. The fourth-order valence-electron chi connectivity index (χ4n) is 2.95. The lowest BCUT2D eigenvalue weighted by atomic mass is 9.92. The van der Waals surface area contributed by atoms with Crippen LogP contribution in [-0.2, 0) is 4.74 Å². The zero-order chi connectivity index (χ0) is 10.7. The molecule has 3 heteroatoms. The summed E-state index contributed by atoms with van der Waals surface area (Å²) >= 11 is 0. The van der Waals surface area contributed by atoms with Crippen LogP contribution in [0.3, 0.4) is 0 Å². The number of hydrogen-bond donors (Lipinski definition) is 1. The lowest BCUT2D eigenvalue weighted by Gasteiger charge is -2.36. The highest BCUT2D eigenvalue weighted by Gasteiger charge is 2.26. The van der Waals surface area contributed by atoms with Gasteiger partial charge in [-0.15, -0.1) is 0 Å². The van der Waals surface area contributed by atoms with Crippen molar-refractivity contribution >= 4 is 0 Å². The predicted molar refractivity (Wildman–Crippen MR) is 62.0 cm³/mol. The van der Waals surface area contributed by atoms with Crippen molar-refractivity contribution in [3.05, 3.63) is 0 Å². The Labute approximate surface area is 93.2 Å². The number of hydrogen-bond acceptors (Lipinski definition) is 3. The molecule has 2 aliphatic rings. The van der Waals surface area contributed by atoms with E-state index in [1.165, 1.54) is 32.5 Å². The highest BCUT2D eigenvalue weighted by atomic mass is 16.5. The third kappa shape index (κ3) is 3.44. The van der Waals surface area contributed by atoms with Gasteiger partial charge < -0.3 is 15.0 Å². The average Bonchev–Trinajstić information content (AvgIpc) is 2.17. The topological polar surface area (TPSA) is 24.5 Å². The largest absolute Gasteiger partial charge is 0.376 e. The van der Waals surface area contributed by atoms with E-state index in [1.807, 2.05) is 0 Å². The number of rotatable bonds is 2. The second kappa shape index (κ2) is 5.28. The summed E-state index contributed by atoms with van der Waals surface area (Å²) in [6, 6.07) is 0. The number of nitrogens with one attached hydrogen (secondary N) is 1. The zero-order valence-corrected chi connectivity index (χ0v) is 10.0. The first-order valence-electron chi connectivity index (χ1n) is 6.32. The molecule has 3 nitrogen and oxygen atoms in total. The Balaban J connectivity index is 1.77. The Morgan fingerprint density at radius 3 is 2.33 bits per heavy atom. The maximum atomic E-state index is 5.77. The van der Waals surface area contributed by atoms with Gasteiger partial charge in [-0.2, -0.15) is 0 Å². The summed E-state index contributed by atoms with van der Waals surface area (Å²) in [5.74, 6) is 0.849. The Bertz CT molecular complexity index is 182. The molecule has 0 aromatic carbocycles. The summed E-state index contributed by atoms with van der Waals surface area (Å²) in [6.07, 6.45) is 3.41. The lowest BCUT2D eigenvalue weighted by molar-refractivity contribution is -0.0577. The highest BCUT2D eigenvalue weighted by Crippen LogP contribution is 2.25. The van der Waals surface area contributed by atoms with Gasteiger partial charge in [-0.1, -0.05) is 0 Å². The van der Waals surface area contributed by atoms with E-state index in [0.29, 0.717) is 12.2 Å². The van der Waals surface area contributed by atoms with E-state index < -0.39 is 0 Å². The van der Waals surface area contributed by atoms with Crippen LogP contribution in [-0.4, -0.2) is 49.8 Å². The molecule has 2 heterocycles. The van der Waals surface area contributed by atoms with Crippen molar-refractivity contribution in [2.24, 2.45) is 5.92 Å². The van der Waals surface area contributed by atoms with Crippen molar-refractivity contribution in [1.82, 2.24) is 10.2 Å². The Morgan fingerprint density at radius 2 is 1.73 bits per heavy atom. The standard InChI is InChI=1S/C12H24N2O/c1-10-7-12(8-11(2)15-10)9-14-5-3-13-4-6-14/h10-13H,3-9H2,1-2H3/t10-,11+,12?. The van der Waals surface area contributed by atoms with Crippen LogP contribution >= 0.6 is 0 Å². The fraction of sp³-hybridized carbons (Fsp3) is 1.00. The van der Waals surface area contributed by atoms with Crippen LogP contribution in [0.15, 0.2) is 0 Å². The Hall–Kier alpha value is -0.120. The number of piperazine rings is 1. The van der Waals surface area contributed by atoms with E-state index in [-0.39, 0.29) is 0 Å². The summed E-state index contributed by atoms with van der Waals surface area (Å²) in [5.41, 5.74) is 0.